The minimum Gasteiger partial charge on any atom is -0.482 e. The Bertz CT molecular complexity index is 1280. The van der Waals surface area contributed by atoms with E-state index in [0.717, 1.165) is 5.69 Å². The quantitative estimate of drug-likeness (QED) is 0.417. The fourth-order valence-corrected chi connectivity index (χ4v) is 3.02. The van der Waals surface area contributed by atoms with Gasteiger partial charge in [-0.05, 0) is 38.1 Å². The Labute approximate surface area is 177 Å². The van der Waals surface area contributed by atoms with Crippen LogP contribution in [-0.4, -0.2) is 29.0 Å². The summed E-state index contributed by atoms with van der Waals surface area (Å²) in [6.45, 7) is 3.41. The van der Waals surface area contributed by atoms with Gasteiger partial charge in [-0.1, -0.05) is 18.2 Å². The smallest absolute Gasteiger partial charge is 0.344 e. The Morgan fingerprint density at radius 2 is 1.94 bits per heavy atom. The average molecular weight is 420 g/mol. The Morgan fingerprint density at radius 1 is 1.13 bits per heavy atom. The normalized spacial score (nSPS) is 10.8. The van der Waals surface area contributed by atoms with Crippen molar-refractivity contribution in [2.45, 2.75) is 13.8 Å². The van der Waals surface area contributed by atoms with E-state index in [1.807, 2.05) is 30.3 Å². The van der Waals surface area contributed by atoms with E-state index in [0.29, 0.717) is 28.2 Å². The lowest BCUT2D eigenvalue weighted by Crippen LogP contribution is -2.14. The van der Waals surface area contributed by atoms with Crippen LogP contribution in [0.3, 0.4) is 0 Å². The Kier molecular flexibility index (Phi) is 5.70. The highest BCUT2D eigenvalue weighted by Gasteiger charge is 2.16. The zero-order chi connectivity index (χ0) is 21.8. The SMILES string of the molecule is CCOC(=O)COc1ccc2c(=O)c(Oc3cnn(-c4ccccc4)c3)c(C)oc2c1. The molecule has 4 rings (SSSR count). The first-order chi connectivity index (χ1) is 15.0. The summed E-state index contributed by atoms with van der Waals surface area (Å²) in [6.07, 6.45) is 3.22. The molecule has 31 heavy (non-hydrogen) atoms. The molecule has 0 aliphatic rings. The van der Waals surface area contributed by atoms with E-state index in [2.05, 4.69) is 5.10 Å². The second-order valence-corrected chi connectivity index (χ2v) is 6.63. The molecule has 0 atom stereocenters. The molecule has 0 bridgehead atoms. The summed E-state index contributed by atoms with van der Waals surface area (Å²) >= 11 is 0. The molecule has 2 aromatic carbocycles. The predicted molar refractivity (Wildman–Crippen MR) is 113 cm³/mol. The summed E-state index contributed by atoms with van der Waals surface area (Å²) < 4.78 is 23.5. The lowest BCUT2D eigenvalue weighted by molar-refractivity contribution is -0.145. The first kappa shape index (κ1) is 20.2. The summed E-state index contributed by atoms with van der Waals surface area (Å²) in [5, 5.41) is 4.60. The molecule has 0 N–H and O–H groups in total. The third-order valence-corrected chi connectivity index (χ3v) is 4.45. The number of ether oxygens (including phenoxy) is 3. The van der Waals surface area contributed by atoms with Crippen LogP contribution in [0.15, 0.2) is 70.1 Å². The van der Waals surface area contributed by atoms with Crippen LogP contribution in [0, 0.1) is 6.92 Å². The number of aromatic nitrogens is 2. The molecule has 2 heterocycles. The topological polar surface area (TPSA) is 92.8 Å². The number of hydrogen-bond acceptors (Lipinski definition) is 7. The summed E-state index contributed by atoms with van der Waals surface area (Å²) in [6, 6.07) is 14.3. The van der Waals surface area contributed by atoms with Crippen LogP contribution in [0.5, 0.6) is 17.2 Å². The molecular formula is C23H20N2O6. The first-order valence-corrected chi connectivity index (χ1v) is 9.69. The fraction of sp³-hybridized carbons (Fsp3) is 0.174. The number of para-hydroxylation sites is 1. The Hall–Kier alpha value is -4.07. The van der Waals surface area contributed by atoms with Gasteiger partial charge in [0.15, 0.2) is 12.4 Å². The van der Waals surface area contributed by atoms with Crippen LogP contribution in [0.25, 0.3) is 16.7 Å². The molecule has 0 saturated carbocycles. The molecule has 8 heteroatoms. The molecule has 0 amide bonds. The van der Waals surface area contributed by atoms with Crippen LogP contribution in [0.1, 0.15) is 12.7 Å². The van der Waals surface area contributed by atoms with E-state index < -0.39 is 5.97 Å². The highest BCUT2D eigenvalue weighted by Crippen LogP contribution is 2.27. The molecule has 0 aliphatic heterocycles. The molecule has 0 radical (unpaired) electrons. The average Bonchev–Trinajstić information content (AvgIpc) is 3.24. The van der Waals surface area contributed by atoms with E-state index >= 15 is 0 Å². The number of carbonyl (C=O) groups excluding carboxylic acids is 1. The molecule has 0 saturated heterocycles. The zero-order valence-corrected chi connectivity index (χ0v) is 17.0. The monoisotopic (exact) mass is 420 g/mol. The van der Waals surface area contributed by atoms with Crippen molar-refractivity contribution in [1.29, 1.82) is 0 Å². The zero-order valence-electron chi connectivity index (χ0n) is 17.0. The van der Waals surface area contributed by atoms with Gasteiger partial charge in [0.25, 0.3) is 0 Å². The van der Waals surface area contributed by atoms with Gasteiger partial charge >= 0.3 is 5.97 Å². The largest absolute Gasteiger partial charge is 0.482 e. The van der Waals surface area contributed by atoms with Crippen LogP contribution >= 0.6 is 0 Å². The number of rotatable bonds is 7. The molecule has 4 aromatic rings. The predicted octanol–water partition coefficient (Wildman–Crippen LogP) is 4.02. The molecular weight excluding hydrogens is 400 g/mol. The summed E-state index contributed by atoms with van der Waals surface area (Å²) in [5.41, 5.74) is 0.884. The lowest BCUT2D eigenvalue weighted by atomic mass is 10.2. The van der Waals surface area contributed by atoms with Gasteiger partial charge in [-0.3, -0.25) is 4.79 Å². The van der Waals surface area contributed by atoms with Crippen LogP contribution in [0.2, 0.25) is 0 Å². The maximum atomic E-state index is 13.0. The van der Waals surface area contributed by atoms with E-state index in [-0.39, 0.29) is 24.4 Å². The molecule has 2 aromatic heterocycles. The van der Waals surface area contributed by atoms with E-state index in [1.165, 1.54) is 6.20 Å². The van der Waals surface area contributed by atoms with E-state index in [1.54, 1.807) is 42.9 Å². The van der Waals surface area contributed by atoms with Gasteiger partial charge in [0.05, 0.1) is 30.1 Å². The molecule has 8 nitrogen and oxygen atoms in total. The minimum atomic E-state index is -0.472. The van der Waals surface area contributed by atoms with Gasteiger partial charge in [-0.15, -0.1) is 0 Å². The molecule has 158 valence electrons. The number of benzene rings is 2. The third kappa shape index (κ3) is 4.42. The molecule has 0 unspecified atom stereocenters. The van der Waals surface area contributed by atoms with Gasteiger partial charge in [-0.2, -0.15) is 5.10 Å². The number of aryl methyl sites for hydroxylation is 1. The van der Waals surface area contributed by atoms with Crippen molar-refractivity contribution in [1.82, 2.24) is 9.78 Å². The third-order valence-electron chi connectivity index (χ3n) is 4.45. The van der Waals surface area contributed by atoms with Crippen molar-refractivity contribution in [2.24, 2.45) is 0 Å². The van der Waals surface area contributed by atoms with Crippen molar-refractivity contribution in [3.8, 4) is 22.9 Å². The van der Waals surface area contributed by atoms with E-state index in [4.69, 9.17) is 18.6 Å². The number of esters is 1. The highest BCUT2D eigenvalue weighted by molar-refractivity contribution is 5.80. The lowest BCUT2D eigenvalue weighted by Gasteiger charge is -2.09. The standard InChI is InChI=1S/C23H20N2O6/c1-3-28-21(26)14-29-17-9-10-19-20(11-17)30-15(2)23(22(19)27)31-18-12-24-25(13-18)16-7-5-4-6-8-16/h4-13H,3,14H2,1-2H3. The second kappa shape index (κ2) is 8.74. The Balaban J connectivity index is 1.58. The van der Waals surface area contributed by atoms with Crippen molar-refractivity contribution in [2.75, 3.05) is 13.2 Å². The van der Waals surface area contributed by atoms with Gasteiger partial charge in [0, 0.05) is 6.07 Å². The maximum Gasteiger partial charge on any atom is 0.344 e. The Morgan fingerprint density at radius 3 is 2.71 bits per heavy atom. The van der Waals surface area contributed by atoms with Gasteiger partial charge in [-0.25, -0.2) is 9.48 Å². The van der Waals surface area contributed by atoms with Gasteiger partial charge < -0.3 is 18.6 Å². The maximum absolute atomic E-state index is 13.0. The van der Waals surface area contributed by atoms with Crippen molar-refractivity contribution >= 4 is 16.9 Å². The van der Waals surface area contributed by atoms with Crippen LogP contribution < -0.4 is 14.9 Å². The molecule has 0 fully saturated rings. The minimum absolute atomic E-state index is 0.0836. The highest BCUT2D eigenvalue weighted by atomic mass is 16.6. The summed E-state index contributed by atoms with van der Waals surface area (Å²) in [4.78, 5) is 24.4. The second-order valence-electron chi connectivity index (χ2n) is 6.63. The van der Waals surface area contributed by atoms with Crippen molar-refractivity contribution < 1.29 is 23.4 Å². The van der Waals surface area contributed by atoms with Crippen molar-refractivity contribution in [3.63, 3.8) is 0 Å². The molecule has 0 aliphatic carbocycles. The van der Waals surface area contributed by atoms with E-state index in [9.17, 15) is 9.59 Å². The summed E-state index contributed by atoms with van der Waals surface area (Å²) in [5.74, 6) is 0.724. The fourth-order valence-electron chi connectivity index (χ4n) is 3.02. The first-order valence-electron chi connectivity index (χ1n) is 9.69. The van der Waals surface area contributed by atoms with Crippen molar-refractivity contribution in [3.05, 3.63) is 76.9 Å². The number of hydrogen-bond donors (Lipinski definition) is 0. The van der Waals surface area contributed by atoms with Gasteiger partial charge in [0.2, 0.25) is 11.2 Å². The number of nitrogens with zero attached hydrogens (tertiary/aromatic N) is 2. The number of fused-ring (bicyclic) bond motifs is 1. The molecule has 0 spiro atoms. The van der Waals surface area contributed by atoms with Crippen LogP contribution in [0.4, 0.5) is 0 Å². The van der Waals surface area contributed by atoms with Gasteiger partial charge in [0.1, 0.15) is 17.1 Å². The summed E-state index contributed by atoms with van der Waals surface area (Å²) in [7, 11) is 0. The van der Waals surface area contributed by atoms with Crippen LogP contribution in [-0.2, 0) is 9.53 Å². The number of carbonyl (C=O) groups is 1.